The molecular formula is C17H26O3S. The summed E-state index contributed by atoms with van der Waals surface area (Å²) in [4.78, 5) is 0.360. The van der Waals surface area contributed by atoms with Gasteiger partial charge in [-0.2, -0.15) is 0 Å². The molecule has 0 aliphatic heterocycles. The van der Waals surface area contributed by atoms with Gasteiger partial charge < -0.3 is 5.11 Å². The van der Waals surface area contributed by atoms with Gasteiger partial charge in [0.15, 0.2) is 9.84 Å². The summed E-state index contributed by atoms with van der Waals surface area (Å²) in [7, 11) is -3.50. The molecule has 1 fully saturated rings. The number of hydrogen-bond acceptors (Lipinski definition) is 3. The Balaban J connectivity index is 2.59. The zero-order chi connectivity index (χ0) is 15.8. The Morgan fingerprint density at radius 3 is 2.29 bits per heavy atom. The van der Waals surface area contributed by atoms with Crippen molar-refractivity contribution >= 4 is 9.84 Å². The van der Waals surface area contributed by atoms with E-state index in [2.05, 4.69) is 13.8 Å². The lowest BCUT2D eigenvalue weighted by atomic mass is 9.67. The van der Waals surface area contributed by atoms with Crippen molar-refractivity contribution in [1.82, 2.24) is 0 Å². The van der Waals surface area contributed by atoms with Crippen LogP contribution < -0.4 is 0 Å². The first-order valence-corrected chi connectivity index (χ1v) is 9.19. The van der Waals surface area contributed by atoms with E-state index in [1.807, 2.05) is 19.9 Å². The van der Waals surface area contributed by atoms with Crippen LogP contribution in [0.3, 0.4) is 0 Å². The van der Waals surface area contributed by atoms with E-state index in [9.17, 15) is 13.5 Å². The summed E-state index contributed by atoms with van der Waals surface area (Å²) in [6.45, 7) is 7.86. The second kappa shape index (κ2) is 5.73. The molecule has 1 N–H and O–H groups in total. The smallest absolute Gasteiger partial charge is 0.184 e. The standard InChI is InChI=1S/C17H26O3S/c1-12(2)15-10-11-16(18)13(3)17(15,4)21(19,20)14-8-6-5-7-9-14/h5-9,12-13,15-16,18H,10-11H2,1-4H3/t13?,15-,16+,17?/m1/s1. The molecule has 2 rings (SSSR count). The minimum atomic E-state index is -3.50. The number of hydrogen-bond donors (Lipinski definition) is 1. The molecule has 0 heterocycles. The Bertz CT molecular complexity index is 579. The molecule has 2 unspecified atom stereocenters. The maximum Gasteiger partial charge on any atom is 0.184 e. The zero-order valence-corrected chi connectivity index (χ0v) is 14.1. The van der Waals surface area contributed by atoms with Crippen LogP contribution in [-0.2, 0) is 9.84 Å². The van der Waals surface area contributed by atoms with Crippen molar-refractivity contribution < 1.29 is 13.5 Å². The fourth-order valence-electron chi connectivity index (χ4n) is 3.90. The van der Waals surface area contributed by atoms with Crippen LogP contribution in [0.1, 0.15) is 40.5 Å². The quantitative estimate of drug-likeness (QED) is 0.932. The van der Waals surface area contributed by atoms with Gasteiger partial charge >= 0.3 is 0 Å². The van der Waals surface area contributed by atoms with Gasteiger partial charge in [0.1, 0.15) is 0 Å². The third-order valence-electron chi connectivity index (χ3n) is 5.43. The topological polar surface area (TPSA) is 54.4 Å². The highest BCUT2D eigenvalue weighted by Gasteiger charge is 2.55. The van der Waals surface area contributed by atoms with E-state index in [-0.39, 0.29) is 17.8 Å². The lowest BCUT2D eigenvalue weighted by Gasteiger charge is -2.49. The van der Waals surface area contributed by atoms with Crippen LogP contribution in [0.5, 0.6) is 0 Å². The van der Waals surface area contributed by atoms with E-state index >= 15 is 0 Å². The Morgan fingerprint density at radius 2 is 1.76 bits per heavy atom. The average Bonchev–Trinajstić information content (AvgIpc) is 2.45. The Labute approximate surface area is 128 Å². The van der Waals surface area contributed by atoms with Crippen LogP contribution in [0.25, 0.3) is 0 Å². The number of aliphatic hydroxyl groups is 1. The van der Waals surface area contributed by atoms with E-state index in [0.717, 1.165) is 6.42 Å². The van der Waals surface area contributed by atoms with Gasteiger partial charge in [-0.3, -0.25) is 0 Å². The van der Waals surface area contributed by atoms with Crippen LogP contribution >= 0.6 is 0 Å². The number of rotatable bonds is 3. The molecular weight excluding hydrogens is 284 g/mol. The summed E-state index contributed by atoms with van der Waals surface area (Å²) in [5.41, 5.74) is 0. The average molecular weight is 310 g/mol. The number of sulfone groups is 1. The molecule has 21 heavy (non-hydrogen) atoms. The normalized spacial score (nSPS) is 34.1. The van der Waals surface area contributed by atoms with Crippen molar-refractivity contribution in [3.05, 3.63) is 30.3 Å². The van der Waals surface area contributed by atoms with E-state index in [1.54, 1.807) is 24.3 Å². The summed E-state index contributed by atoms with van der Waals surface area (Å²) in [5, 5.41) is 10.3. The number of aliphatic hydroxyl groups excluding tert-OH is 1. The van der Waals surface area contributed by atoms with Crippen molar-refractivity contribution in [2.75, 3.05) is 0 Å². The molecule has 3 nitrogen and oxygen atoms in total. The first kappa shape index (κ1) is 16.5. The third-order valence-corrected chi connectivity index (χ3v) is 8.15. The second-order valence-electron chi connectivity index (χ2n) is 6.78. The minimum Gasteiger partial charge on any atom is -0.393 e. The van der Waals surface area contributed by atoms with Crippen molar-refractivity contribution in [3.63, 3.8) is 0 Å². The van der Waals surface area contributed by atoms with Gasteiger partial charge in [-0.05, 0) is 43.7 Å². The van der Waals surface area contributed by atoms with Gasteiger partial charge in [-0.15, -0.1) is 0 Å². The van der Waals surface area contributed by atoms with Crippen molar-refractivity contribution in [2.45, 2.75) is 56.3 Å². The van der Waals surface area contributed by atoms with Gasteiger partial charge in [-0.25, -0.2) is 8.42 Å². The number of benzene rings is 1. The Morgan fingerprint density at radius 1 is 1.19 bits per heavy atom. The molecule has 1 saturated carbocycles. The van der Waals surface area contributed by atoms with Crippen molar-refractivity contribution in [2.24, 2.45) is 17.8 Å². The molecule has 0 amide bonds. The van der Waals surface area contributed by atoms with Gasteiger partial charge in [0.2, 0.25) is 0 Å². The minimum absolute atomic E-state index is 0.0566. The molecule has 0 radical (unpaired) electrons. The predicted octanol–water partition coefficient (Wildman–Crippen LogP) is 3.28. The molecule has 0 spiro atoms. The second-order valence-corrected chi connectivity index (χ2v) is 9.14. The van der Waals surface area contributed by atoms with Crippen LogP contribution in [-0.4, -0.2) is 24.4 Å². The van der Waals surface area contributed by atoms with Gasteiger partial charge in [0.05, 0.1) is 15.7 Å². The molecule has 1 aromatic carbocycles. The molecule has 4 heteroatoms. The predicted molar refractivity (Wildman–Crippen MR) is 84.8 cm³/mol. The molecule has 118 valence electrons. The molecule has 1 aliphatic carbocycles. The molecule has 0 saturated heterocycles. The van der Waals surface area contributed by atoms with E-state index in [4.69, 9.17) is 0 Å². The first-order chi connectivity index (χ1) is 9.73. The lowest BCUT2D eigenvalue weighted by molar-refractivity contribution is 0.0177. The summed E-state index contributed by atoms with van der Waals surface area (Å²) in [6.07, 6.45) is 0.888. The van der Waals surface area contributed by atoms with Crippen LogP contribution in [0.2, 0.25) is 0 Å². The highest BCUT2D eigenvalue weighted by atomic mass is 32.2. The Kier molecular flexibility index (Phi) is 4.50. The van der Waals surface area contributed by atoms with E-state index in [0.29, 0.717) is 11.3 Å². The Hall–Kier alpha value is -0.870. The summed E-state index contributed by atoms with van der Waals surface area (Å²) < 4.78 is 25.6. The molecule has 0 bridgehead atoms. The van der Waals surface area contributed by atoms with Gasteiger partial charge in [-0.1, -0.05) is 39.0 Å². The zero-order valence-electron chi connectivity index (χ0n) is 13.3. The van der Waals surface area contributed by atoms with Crippen LogP contribution in [0.4, 0.5) is 0 Å². The first-order valence-electron chi connectivity index (χ1n) is 7.70. The van der Waals surface area contributed by atoms with Gasteiger partial charge in [0, 0.05) is 5.92 Å². The SMILES string of the molecule is CC(C)[C@H]1CC[C@H](O)C(C)C1(C)S(=O)(=O)c1ccccc1. The lowest BCUT2D eigenvalue weighted by Crippen LogP contribution is -2.56. The summed E-state index contributed by atoms with van der Waals surface area (Å²) in [6, 6.07) is 8.65. The molecule has 1 aromatic rings. The summed E-state index contributed by atoms with van der Waals surface area (Å²) in [5.74, 6) is 0.0494. The highest BCUT2D eigenvalue weighted by Crippen LogP contribution is 2.49. The molecule has 1 aliphatic rings. The van der Waals surface area contributed by atoms with Crippen molar-refractivity contribution in [3.8, 4) is 0 Å². The largest absolute Gasteiger partial charge is 0.393 e. The van der Waals surface area contributed by atoms with Crippen LogP contribution in [0.15, 0.2) is 35.2 Å². The van der Waals surface area contributed by atoms with Gasteiger partial charge in [0.25, 0.3) is 0 Å². The summed E-state index contributed by atoms with van der Waals surface area (Å²) >= 11 is 0. The monoisotopic (exact) mass is 310 g/mol. The fourth-order valence-corrected chi connectivity index (χ4v) is 6.36. The third kappa shape index (κ3) is 2.53. The van der Waals surface area contributed by atoms with Crippen molar-refractivity contribution in [1.29, 1.82) is 0 Å². The van der Waals surface area contributed by atoms with E-state index < -0.39 is 20.7 Å². The molecule has 0 aromatic heterocycles. The fraction of sp³-hybridized carbons (Fsp3) is 0.647. The maximum absolute atomic E-state index is 13.3. The highest BCUT2D eigenvalue weighted by molar-refractivity contribution is 7.92. The van der Waals surface area contributed by atoms with E-state index in [1.165, 1.54) is 0 Å². The maximum atomic E-state index is 13.3. The molecule has 4 atom stereocenters. The van der Waals surface area contributed by atoms with Crippen LogP contribution in [0, 0.1) is 17.8 Å².